The fourth-order valence-electron chi connectivity index (χ4n) is 2.59. The van der Waals surface area contributed by atoms with Crippen molar-refractivity contribution in [3.05, 3.63) is 70.9 Å². The van der Waals surface area contributed by atoms with Crippen molar-refractivity contribution in [1.82, 2.24) is 9.97 Å². The Morgan fingerprint density at radius 1 is 1.00 bits per heavy atom. The van der Waals surface area contributed by atoms with Crippen LogP contribution in [0.2, 0.25) is 5.02 Å². The van der Waals surface area contributed by atoms with Gasteiger partial charge in [-0.15, -0.1) is 0 Å². The molecule has 0 amide bonds. The number of rotatable bonds is 6. The summed E-state index contributed by atoms with van der Waals surface area (Å²) in [6.45, 7) is 2.92. The molecule has 0 aliphatic rings. The van der Waals surface area contributed by atoms with Gasteiger partial charge in [-0.1, -0.05) is 60.4 Å². The predicted molar refractivity (Wildman–Crippen MR) is 109 cm³/mol. The number of anilines is 1. The Balaban J connectivity index is 1.73. The number of aromatic nitrogens is 2. The SMILES string of the molecule is Bc1ccc(-c2nc(CC)cc(NCCc3ccc(Cl)cc3)n2)cc1. The maximum Gasteiger partial charge on any atom is 0.161 e. The van der Waals surface area contributed by atoms with E-state index in [1.54, 1.807) is 0 Å². The van der Waals surface area contributed by atoms with Gasteiger partial charge in [-0.25, -0.2) is 9.97 Å². The van der Waals surface area contributed by atoms with E-state index in [4.69, 9.17) is 11.6 Å². The lowest BCUT2D eigenvalue weighted by molar-refractivity contribution is 0.972. The largest absolute Gasteiger partial charge is 0.370 e. The van der Waals surface area contributed by atoms with Crippen molar-refractivity contribution in [2.24, 2.45) is 0 Å². The van der Waals surface area contributed by atoms with Crippen molar-refractivity contribution in [3.8, 4) is 11.4 Å². The van der Waals surface area contributed by atoms with Crippen LogP contribution < -0.4 is 10.8 Å². The first-order valence-electron chi connectivity index (χ1n) is 8.57. The second-order valence-electron chi connectivity index (χ2n) is 6.09. The summed E-state index contributed by atoms with van der Waals surface area (Å²) < 4.78 is 0. The lowest BCUT2D eigenvalue weighted by atomic mass is 9.95. The van der Waals surface area contributed by atoms with Gasteiger partial charge in [-0.05, 0) is 30.5 Å². The summed E-state index contributed by atoms with van der Waals surface area (Å²) in [5, 5.41) is 4.19. The van der Waals surface area contributed by atoms with E-state index in [1.165, 1.54) is 11.0 Å². The molecule has 0 spiro atoms. The normalized spacial score (nSPS) is 10.6. The first-order chi connectivity index (χ1) is 12.1. The van der Waals surface area contributed by atoms with E-state index in [9.17, 15) is 0 Å². The van der Waals surface area contributed by atoms with Gasteiger partial charge in [0.2, 0.25) is 0 Å². The van der Waals surface area contributed by atoms with Crippen LogP contribution in [-0.2, 0) is 12.8 Å². The lowest BCUT2D eigenvalue weighted by Gasteiger charge is -2.10. The van der Waals surface area contributed by atoms with Crippen molar-refractivity contribution < 1.29 is 0 Å². The number of halogens is 1. The van der Waals surface area contributed by atoms with Crippen molar-refractivity contribution >= 4 is 30.7 Å². The second-order valence-corrected chi connectivity index (χ2v) is 6.53. The molecule has 1 heterocycles. The molecule has 0 saturated heterocycles. The van der Waals surface area contributed by atoms with E-state index in [2.05, 4.69) is 66.5 Å². The van der Waals surface area contributed by atoms with Crippen LogP contribution in [0.5, 0.6) is 0 Å². The molecular weight excluding hydrogens is 329 g/mol. The molecule has 0 bridgehead atoms. The van der Waals surface area contributed by atoms with E-state index in [-0.39, 0.29) is 0 Å². The van der Waals surface area contributed by atoms with E-state index in [0.717, 1.165) is 47.3 Å². The highest BCUT2D eigenvalue weighted by molar-refractivity contribution is 6.32. The minimum Gasteiger partial charge on any atom is -0.370 e. The molecule has 5 heteroatoms. The van der Waals surface area contributed by atoms with Crippen molar-refractivity contribution in [3.63, 3.8) is 0 Å². The molecule has 126 valence electrons. The third-order valence-electron chi connectivity index (χ3n) is 4.08. The third-order valence-corrected chi connectivity index (χ3v) is 4.34. The highest BCUT2D eigenvalue weighted by Gasteiger charge is 2.06. The van der Waals surface area contributed by atoms with E-state index < -0.39 is 0 Å². The zero-order valence-corrected chi connectivity index (χ0v) is 15.3. The van der Waals surface area contributed by atoms with Crippen LogP contribution in [-0.4, -0.2) is 24.4 Å². The van der Waals surface area contributed by atoms with Crippen LogP contribution in [0, 0.1) is 0 Å². The van der Waals surface area contributed by atoms with Crippen LogP contribution in [0.1, 0.15) is 18.2 Å². The number of benzene rings is 2. The Hall–Kier alpha value is -2.33. The van der Waals surface area contributed by atoms with Crippen molar-refractivity contribution in [1.29, 1.82) is 0 Å². The molecule has 2 aromatic carbocycles. The Morgan fingerprint density at radius 2 is 1.72 bits per heavy atom. The van der Waals surface area contributed by atoms with Gasteiger partial charge in [0.1, 0.15) is 13.7 Å². The molecule has 25 heavy (non-hydrogen) atoms. The molecule has 0 atom stereocenters. The van der Waals surface area contributed by atoms with E-state index >= 15 is 0 Å². The monoisotopic (exact) mass is 349 g/mol. The van der Waals surface area contributed by atoms with Crippen molar-refractivity contribution in [2.45, 2.75) is 19.8 Å². The van der Waals surface area contributed by atoms with Crippen LogP contribution in [0.15, 0.2) is 54.6 Å². The first kappa shape index (κ1) is 17.5. The lowest BCUT2D eigenvalue weighted by Crippen LogP contribution is -2.08. The fourth-order valence-corrected chi connectivity index (χ4v) is 2.71. The summed E-state index contributed by atoms with van der Waals surface area (Å²) in [6, 6.07) is 18.3. The number of hydrogen-bond acceptors (Lipinski definition) is 3. The Kier molecular flexibility index (Phi) is 5.72. The number of hydrogen-bond donors (Lipinski definition) is 1. The molecule has 0 unspecified atom stereocenters. The summed E-state index contributed by atoms with van der Waals surface area (Å²) in [7, 11) is 2.08. The van der Waals surface area contributed by atoms with Crippen LogP contribution in [0.3, 0.4) is 0 Å². The molecular formula is C20H21BClN3. The molecule has 0 radical (unpaired) electrons. The summed E-state index contributed by atoms with van der Waals surface area (Å²) >= 11 is 5.93. The number of nitrogens with one attached hydrogen (secondary N) is 1. The highest BCUT2D eigenvalue weighted by Crippen LogP contribution is 2.18. The van der Waals surface area contributed by atoms with Gasteiger partial charge in [0.05, 0.1) is 0 Å². The molecule has 1 aromatic heterocycles. The molecule has 3 rings (SSSR count). The van der Waals surface area contributed by atoms with Gasteiger partial charge in [0.25, 0.3) is 0 Å². The fraction of sp³-hybridized carbons (Fsp3) is 0.200. The maximum absolute atomic E-state index is 5.93. The van der Waals surface area contributed by atoms with Crippen molar-refractivity contribution in [2.75, 3.05) is 11.9 Å². The summed E-state index contributed by atoms with van der Waals surface area (Å²) in [5.74, 6) is 1.64. The van der Waals surface area contributed by atoms with Crippen LogP contribution in [0.25, 0.3) is 11.4 Å². The zero-order chi connectivity index (χ0) is 17.6. The van der Waals surface area contributed by atoms with Gasteiger partial charge < -0.3 is 5.32 Å². The summed E-state index contributed by atoms with van der Waals surface area (Å²) in [4.78, 5) is 9.35. The summed E-state index contributed by atoms with van der Waals surface area (Å²) in [5.41, 5.74) is 4.57. The topological polar surface area (TPSA) is 37.8 Å². The smallest absolute Gasteiger partial charge is 0.161 e. The van der Waals surface area contributed by atoms with Crippen LogP contribution in [0.4, 0.5) is 5.82 Å². The molecule has 3 aromatic rings. The Morgan fingerprint density at radius 3 is 2.40 bits per heavy atom. The molecule has 0 fully saturated rings. The average molecular weight is 350 g/mol. The minimum atomic E-state index is 0.767. The minimum absolute atomic E-state index is 0.767. The van der Waals surface area contributed by atoms with Gasteiger partial charge in [0, 0.05) is 28.9 Å². The zero-order valence-electron chi connectivity index (χ0n) is 14.6. The average Bonchev–Trinajstić information content (AvgIpc) is 2.63. The maximum atomic E-state index is 5.93. The first-order valence-corrected chi connectivity index (χ1v) is 8.95. The second kappa shape index (κ2) is 8.17. The highest BCUT2D eigenvalue weighted by atomic mass is 35.5. The van der Waals surface area contributed by atoms with E-state index in [0.29, 0.717) is 0 Å². The van der Waals surface area contributed by atoms with Crippen LogP contribution >= 0.6 is 11.6 Å². The molecule has 0 saturated carbocycles. The number of nitrogens with zero attached hydrogens (tertiary/aromatic N) is 2. The summed E-state index contributed by atoms with van der Waals surface area (Å²) in [6.07, 6.45) is 1.80. The Bertz CT molecular complexity index is 833. The molecule has 1 N–H and O–H groups in total. The quantitative estimate of drug-likeness (QED) is 0.694. The standard InChI is InChI=1S/C20H21BClN3/c1-2-18-13-19(23-12-11-14-3-9-17(22)10-4-14)25-20(24-18)15-5-7-16(21)8-6-15/h3-10,13H,2,11-12,21H2,1H3,(H,23,24,25). The van der Waals surface area contributed by atoms with Gasteiger partial charge >= 0.3 is 0 Å². The van der Waals surface area contributed by atoms with Gasteiger partial charge in [-0.3, -0.25) is 0 Å². The van der Waals surface area contributed by atoms with Gasteiger partial charge in [0.15, 0.2) is 5.82 Å². The third kappa shape index (κ3) is 4.83. The molecule has 0 aliphatic heterocycles. The van der Waals surface area contributed by atoms with Gasteiger partial charge in [-0.2, -0.15) is 0 Å². The Labute approximate surface area is 154 Å². The van der Waals surface area contributed by atoms with E-state index in [1.807, 2.05) is 18.2 Å². The number of aryl methyl sites for hydroxylation is 1. The molecule has 3 nitrogen and oxygen atoms in total. The predicted octanol–water partition coefficient (Wildman–Crippen LogP) is 3.27. The molecule has 0 aliphatic carbocycles.